The average Bonchev–Trinajstić information content (AvgIpc) is 1.75. The van der Waals surface area contributed by atoms with Crippen molar-refractivity contribution >= 4 is 23.2 Å². The monoisotopic (exact) mass is 271 g/mol. The van der Waals surface area contributed by atoms with Crippen LogP contribution in [0.4, 0.5) is 21.0 Å². The molecular weight excluding hydrogens is 266 g/mol. The summed E-state index contributed by atoms with van der Waals surface area (Å²) in [5.74, 6) is 0. The molecule has 14 heavy (non-hydrogen) atoms. The molecule has 0 spiro atoms. The van der Waals surface area contributed by atoms with E-state index in [-0.39, 0.29) is 0 Å². The standard InChI is InChI=1S/C3H5F5N3P3/c1-2-3-12(4)9-13(5,6)11-14(7,8)10-12/h2H,1,3H2. The molecule has 11 heteroatoms. The van der Waals surface area contributed by atoms with Crippen LogP contribution < -0.4 is 0 Å². The van der Waals surface area contributed by atoms with Crippen molar-refractivity contribution in [1.29, 1.82) is 0 Å². The van der Waals surface area contributed by atoms with Crippen molar-refractivity contribution < 1.29 is 21.0 Å². The molecule has 0 aromatic carbocycles. The molecule has 0 amide bonds. The molecule has 1 atom stereocenters. The van der Waals surface area contributed by atoms with Gasteiger partial charge in [-0.2, -0.15) is 13.2 Å². The third kappa shape index (κ3) is 3.04. The molecule has 0 radical (unpaired) electrons. The zero-order chi connectivity index (χ0) is 11.0. The Labute approximate surface area is 77.4 Å². The third-order valence-electron chi connectivity index (χ3n) is 1.07. The fourth-order valence-corrected chi connectivity index (χ4v) is 6.73. The summed E-state index contributed by atoms with van der Waals surface area (Å²) in [6.07, 6.45) is 0.222. The van der Waals surface area contributed by atoms with Crippen molar-refractivity contribution in [2.45, 2.75) is 0 Å². The van der Waals surface area contributed by atoms with Crippen LogP contribution in [0.1, 0.15) is 0 Å². The van der Waals surface area contributed by atoms with Crippen LogP contribution in [0.5, 0.6) is 0 Å². The number of rotatable bonds is 2. The maximum Gasteiger partial charge on any atom is 0.423 e. The molecule has 0 bridgehead atoms. The van der Waals surface area contributed by atoms with E-state index >= 15 is 0 Å². The van der Waals surface area contributed by atoms with Crippen LogP contribution >= 0.6 is 23.2 Å². The minimum Gasteiger partial charge on any atom is -0.183 e. The Morgan fingerprint density at radius 1 is 0.929 bits per heavy atom. The van der Waals surface area contributed by atoms with Crippen LogP contribution in [0.25, 0.3) is 0 Å². The van der Waals surface area contributed by atoms with Crippen molar-refractivity contribution in [2.75, 3.05) is 6.16 Å². The minimum atomic E-state index is -5.53. The van der Waals surface area contributed by atoms with Gasteiger partial charge in [-0.25, -0.2) is 0 Å². The zero-order valence-corrected chi connectivity index (χ0v) is 9.25. The highest BCUT2D eigenvalue weighted by molar-refractivity contribution is 7.79. The van der Waals surface area contributed by atoms with Gasteiger partial charge in [0.25, 0.3) is 7.52 Å². The van der Waals surface area contributed by atoms with E-state index < -0.39 is 29.3 Å². The predicted octanol–water partition coefficient (Wildman–Crippen LogP) is 5.96. The molecule has 1 aliphatic heterocycles. The molecule has 0 N–H and O–H groups in total. The molecule has 1 aliphatic rings. The molecule has 82 valence electrons. The van der Waals surface area contributed by atoms with E-state index in [0.29, 0.717) is 0 Å². The van der Waals surface area contributed by atoms with Gasteiger partial charge in [0.15, 0.2) is 0 Å². The minimum absolute atomic E-state index is 0.687. The summed E-state index contributed by atoms with van der Waals surface area (Å²) >= 11 is 0. The molecular formula is C3H5F5N3P3. The molecule has 1 unspecified atom stereocenters. The Morgan fingerprint density at radius 2 is 1.43 bits per heavy atom. The fraction of sp³-hybridized carbons (Fsp3) is 0.333. The van der Waals surface area contributed by atoms with E-state index in [9.17, 15) is 21.0 Å². The third-order valence-corrected chi connectivity index (χ3v) is 7.43. The Balaban J connectivity index is 3.40. The lowest BCUT2D eigenvalue weighted by atomic mass is 10.8. The lowest BCUT2D eigenvalue weighted by molar-refractivity contribution is 0.697. The molecule has 0 aromatic heterocycles. The second-order valence-corrected chi connectivity index (χ2v) is 7.91. The Bertz CT molecular complexity index is 408. The maximum atomic E-state index is 13.3. The van der Waals surface area contributed by atoms with Crippen molar-refractivity contribution in [3.05, 3.63) is 12.7 Å². The quantitative estimate of drug-likeness (QED) is 0.337. The topological polar surface area (TPSA) is 37.1 Å². The van der Waals surface area contributed by atoms with E-state index in [4.69, 9.17) is 0 Å². The molecule has 0 aromatic rings. The van der Waals surface area contributed by atoms with Crippen molar-refractivity contribution in [3.63, 3.8) is 0 Å². The van der Waals surface area contributed by atoms with Crippen LogP contribution in [0.3, 0.4) is 0 Å². The summed E-state index contributed by atoms with van der Waals surface area (Å²) in [4.78, 5) is 0. The van der Waals surface area contributed by atoms with Crippen LogP contribution in [0, 0.1) is 0 Å². The SMILES string of the molecule is C=CCP1(F)=NP(F)(F)=NP(F)(F)=N1. The fourth-order valence-electron chi connectivity index (χ4n) is 0.750. The number of hydrogen-bond acceptors (Lipinski definition) is 3. The van der Waals surface area contributed by atoms with Gasteiger partial charge in [0.05, 0.1) is 0 Å². The van der Waals surface area contributed by atoms with E-state index in [2.05, 4.69) is 15.6 Å². The molecule has 1 rings (SSSR count). The second-order valence-electron chi connectivity index (χ2n) is 2.29. The Hall–Kier alpha value is 0.0800. The first kappa shape index (κ1) is 12.2. The van der Waals surface area contributed by atoms with Crippen LogP contribution in [0.2, 0.25) is 0 Å². The largest absolute Gasteiger partial charge is 0.423 e. The van der Waals surface area contributed by atoms with Gasteiger partial charge in [0.2, 0.25) is 0 Å². The first-order chi connectivity index (χ1) is 6.18. The number of hydrogen-bond donors (Lipinski definition) is 0. The van der Waals surface area contributed by atoms with Gasteiger partial charge in [-0.05, 0) is 0 Å². The smallest absolute Gasteiger partial charge is 0.183 e. The van der Waals surface area contributed by atoms with Gasteiger partial charge >= 0.3 is 15.7 Å². The average molecular weight is 271 g/mol. The zero-order valence-electron chi connectivity index (χ0n) is 6.56. The van der Waals surface area contributed by atoms with Gasteiger partial charge in [-0.1, -0.05) is 6.08 Å². The summed E-state index contributed by atoms with van der Waals surface area (Å²) < 4.78 is 70.2. The highest BCUT2D eigenvalue weighted by Gasteiger charge is 2.37. The first-order valence-electron chi connectivity index (χ1n) is 3.18. The van der Waals surface area contributed by atoms with Crippen molar-refractivity contribution in [3.8, 4) is 0 Å². The van der Waals surface area contributed by atoms with E-state index in [1.165, 1.54) is 0 Å². The van der Waals surface area contributed by atoms with Crippen LogP contribution in [0.15, 0.2) is 26.2 Å². The van der Waals surface area contributed by atoms with E-state index in [1.54, 1.807) is 0 Å². The Kier molecular flexibility index (Phi) is 3.11. The van der Waals surface area contributed by atoms with Crippen LogP contribution in [-0.4, -0.2) is 6.16 Å². The molecule has 0 aliphatic carbocycles. The molecule has 3 nitrogen and oxygen atoms in total. The van der Waals surface area contributed by atoms with Crippen molar-refractivity contribution in [1.82, 2.24) is 0 Å². The Morgan fingerprint density at radius 3 is 1.86 bits per heavy atom. The predicted molar refractivity (Wildman–Crippen MR) is 48.6 cm³/mol. The van der Waals surface area contributed by atoms with Crippen molar-refractivity contribution in [2.24, 2.45) is 13.5 Å². The van der Waals surface area contributed by atoms with E-state index in [1.807, 2.05) is 4.52 Å². The lowest BCUT2D eigenvalue weighted by Crippen LogP contribution is -1.78. The van der Waals surface area contributed by atoms with Gasteiger partial charge < -0.3 is 0 Å². The normalized spacial score (nSPS) is 33.5. The number of nitrogens with zero attached hydrogens (tertiary/aromatic N) is 3. The maximum absolute atomic E-state index is 13.3. The summed E-state index contributed by atoms with van der Waals surface area (Å²) in [7, 11) is -15.5. The van der Waals surface area contributed by atoms with E-state index in [0.717, 1.165) is 6.08 Å². The summed E-state index contributed by atoms with van der Waals surface area (Å²) in [6, 6.07) is 0. The van der Waals surface area contributed by atoms with Gasteiger partial charge in [-0.3, -0.25) is 0 Å². The highest BCUT2D eigenvalue weighted by atomic mass is 31.3. The second kappa shape index (κ2) is 3.58. The first-order valence-corrected chi connectivity index (χ1v) is 7.90. The summed E-state index contributed by atoms with van der Waals surface area (Å²) in [5, 5.41) is 0. The van der Waals surface area contributed by atoms with Gasteiger partial charge in [0, 0.05) is 6.16 Å². The highest BCUT2D eigenvalue weighted by Crippen LogP contribution is 2.81. The number of allylic oxidation sites excluding steroid dienone is 1. The summed E-state index contributed by atoms with van der Waals surface area (Å²) in [5.41, 5.74) is 0. The molecule has 0 fully saturated rings. The molecule has 0 saturated heterocycles. The summed E-state index contributed by atoms with van der Waals surface area (Å²) in [6.45, 7) is 3.07. The van der Waals surface area contributed by atoms with Gasteiger partial charge in [0.1, 0.15) is 0 Å². The van der Waals surface area contributed by atoms with Crippen LogP contribution in [-0.2, 0) is 0 Å². The number of halogens is 5. The molecule has 1 heterocycles. The lowest BCUT2D eigenvalue weighted by Gasteiger charge is -2.14. The molecule has 0 saturated carbocycles. The van der Waals surface area contributed by atoms with Gasteiger partial charge in [-0.15, -0.1) is 27.9 Å².